The topological polar surface area (TPSA) is 30.5 Å². The molecule has 3 nitrogen and oxygen atoms in total. The number of hydrogen-bond donors (Lipinski definition) is 1. The lowest BCUT2D eigenvalue weighted by Crippen LogP contribution is -2.07. The molecule has 0 atom stereocenters. The predicted molar refractivity (Wildman–Crippen MR) is 100 cm³/mol. The minimum absolute atomic E-state index is 0.525. The van der Waals surface area contributed by atoms with Crippen molar-refractivity contribution >= 4 is 44.8 Å². The molecule has 0 unspecified atom stereocenters. The molecule has 0 aliphatic carbocycles. The fourth-order valence-electron chi connectivity index (χ4n) is 2.09. The minimum atomic E-state index is 0.525. The summed E-state index contributed by atoms with van der Waals surface area (Å²) in [6, 6.07) is 9.14. The average molecular weight is 419 g/mol. The van der Waals surface area contributed by atoms with Crippen molar-refractivity contribution in [2.75, 3.05) is 19.0 Å². The van der Waals surface area contributed by atoms with E-state index in [9.17, 15) is 0 Å². The Bertz CT molecular complexity index is 680. The van der Waals surface area contributed by atoms with E-state index in [1.165, 1.54) is 0 Å². The summed E-state index contributed by atoms with van der Waals surface area (Å²) < 4.78 is 12.2. The molecule has 0 aromatic heterocycles. The molecule has 0 heterocycles. The van der Waals surface area contributed by atoms with Gasteiger partial charge in [-0.2, -0.15) is 0 Å². The van der Waals surface area contributed by atoms with Gasteiger partial charge in [-0.05, 0) is 36.8 Å². The quantitative estimate of drug-likeness (QED) is 0.583. The second kappa shape index (κ2) is 8.67. The van der Waals surface area contributed by atoms with E-state index in [4.69, 9.17) is 32.7 Å². The predicted octanol–water partition coefficient (Wildman–Crippen LogP) is 6.17. The van der Waals surface area contributed by atoms with E-state index in [0.29, 0.717) is 28.9 Å². The first-order chi connectivity index (χ1) is 11.1. The fraction of sp³-hybridized carbons (Fsp3) is 0.294. The van der Waals surface area contributed by atoms with E-state index < -0.39 is 0 Å². The van der Waals surface area contributed by atoms with Crippen molar-refractivity contribution in [1.29, 1.82) is 0 Å². The molecule has 0 spiro atoms. The van der Waals surface area contributed by atoms with Crippen LogP contribution in [0.25, 0.3) is 0 Å². The average Bonchev–Trinajstić information content (AvgIpc) is 2.55. The summed E-state index contributed by atoms with van der Waals surface area (Å²) in [5.74, 6) is 1.44. The Morgan fingerprint density at radius 1 is 1.17 bits per heavy atom. The van der Waals surface area contributed by atoms with Gasteiger partial charge in [0.25, 0.3) is 0 Å². The highest BCUT2D eigenvalue weighted by Gasteiger charge is 2.15. The lowest BCUT2D eigenvalue weighted by molar-refractivity contribution is 0.291. The van der Waals surface area contributed by atoms with Crippen LogP contribution in [-0.2, 0) is 6.54 Å². The van der Waals surface area contributed by atoms with E-state index in [1.807, 2.05) is 12.1 Å². The van der Waals surface area contributed by atoms with Crippen LogP contribution in [0, 0.1) is 0 Å². The molecule has 2 aromatic rings. The van der Waals surface area contributed by atoms with Gasteiger partial charge < -0.3 is 14.8 Å². The van der Waals surface area contributed by atoms with Crippen LogP contribution in [0.4, 0.5) is 5.69 Å². The molecule has 124 valence electrons. The second-order valence-electron chi connectivity index (χ2n) is 4.88. The summed E-state index contributed by atoms with van der Waals surface area (Å²) in [5, 5.41) is 4.54. The third kappa shape index (κ3) is 4.69. The summed E-state index contributed by atoms with van der Waals surface area (Å²) in [5.41, 5.74) is 1.74. The van der Waals surface area contributed by atoms with Crippen molar-refractivity contribution in [3.05, 3.63) is 50.4 Å². The summed E-state index contributed by atoms with van der Waals surface area (Å²) in [6.45, 7) is 3.21. The van der Waals surface area contributed by atoms with Crippen LogP contribution in [0.3, 0.4) is 0 Å². The van der Waals surface area contributed by atoms with E-state index in [1.54, 1.807) is 25.3 Å². The first-order valence-electron chi connectivity index (χ1n) is 7.24. The fourth-order valence-corrected chi connectivity index (χ4v) is 2.90. The molecule has 23 heavy (non-hydrogen) atoms. The maximum absolute atomic E-state index is 6.20. The molecule has 0 aliphatic heterocycles. The van der Waals surface area contributed by atoms with Crippen LogP contribution in [0.1, 0.15) is 18.9 Å². The van der Waals surface area contributed by atoms with Gasteiger partial charge in [-0.15, -0.1) is 0 Å². The van der Waals surface area contributed by atoms with Gasteiger partial charge in [0.2, 0.25) is 0 Å². The Morgan fingerprint density at radius 3 is 2.65 bits per heavy atom. The Kier molecular flexibility index (Phi) is 6.88. The normalized spacial score (nSPS) is 10.5. The van der Waals surface area contributed by atoms with Crippen LogP contribution in [0.15, 0.2) is 34.8 Å². The van der Waals surface area contributed by atoms with E-state index in [-0.39, 0.29) is 0 Å². The molecule has 0 amide bonds. The molecule has 1 N–H and O–H groups in total. The Hall–Kier alpha value is -1.10. The summed E-state index contributed by atoms with van der Waals surface area (Å²) in [6.07, 6.45) is 0.919. The standard InChI is InChI=1S/C17H18BrCl2NO2/c1-3-8-23-17-12(13(18)5-7-16(17)22-2)10-21-15-9-11(19)4-6-14(15)20/h4-7,9,21H,3,8,10H2,1-2H3. The van der Waals surface area contributed by atoms with Gasteiger partial charge in [-0.3, -0.25) is 0 Å². The van der Waals surface area contributed by atoms with Crippen molar-refractivity contribution in [2.45, 2.75) is 19.9 Å². The van der Waals surface area contributed by atoms with Crippen molar-refractivity contribution in [1.82, 2.24) is 0 Å². The third-order valence-electron chi connectivity index (χ3n) is 3.22. The van der Waals surface area contributed by atoms with Crippen molar-refractivity contribution in [3.8, 4) is 11.5 Å². The summed E-state index contributed by atoms with van der Waals surface area (Å²) >= 11 is 15.8. The van der Waals surface area contributed by atoms with Crippen LogP contribution in [0.5, 0.6) is 11.5 Å². The molecule has 2 rings (SSSR count). The van der Waals surface area contributed by atoms with E-state index in [0.717, 1.165) is 27.9 Å². The van der Waals surface area contributed by atoms with Crippen molar-refractivity contribution in [3.63, 3.8) is 0 Å². The molecule has 0 saturated heterocycles. The van der Waals surface area contributed by atoms with Crippen LogP contribution < -0.4 is 14.8 Å². The molecule has 6 heteroatoms. The first-order valence-corrected chi connectivity index (χ1v) is 8.78. The van der Waals surface area contributed by atoms with E-state index >= 15 is 0 Å². The van der Waals surface area contributed by atoms with Gasteiger partial charge in [0, 0.05) is 21.6 Å². The van der Waals surface area contributed by atoms with Crippen molar-refractivity contribution < 1.29 is 9.47 Å². The lowest BCUT2D eigenvalue weighted by atomic mass is 10.1. The minimum Gasteiger partial charge on any atom is -0.493 e. The Morgan fingerprint density at radius 2 is 1.96 bits per heavy atom. The molecule has 0 radical (unpaired) electrons. The zero-order valence-corrected chi connectivity index (χ0v) is 16.1. The SMILES string of the molecule is CCCOc1c(OC)ccc(Br)c1CNc1cc(Cl)ccc1Cl. The smallest absolute Gasteiger partial charge is 0.167 e. The van der Waals surface area contributed by atoms with Gasteiger partial charge in [0.1, 0.15) is 0 Å². The van der Waals surface area contributed by atoms with Crippen LogP contribution in [-0.4, -0.2) is 13.7 Å². The first kappa shape index (κ1) is 18.2. The lowest BCUT2D eigenvalue weighted by Gasteiger charge is -2.17. The molecular weight excluding hydrogens is 401 g/mol. The number of halogens is 3. The number of hydrogen-bond acceptors (Lipinski definition) is 3. The Balaban J connectivity index is 2.28. The number of anilines is 1. The maximum Gasteiger partial charge on any atom is 0.167 e. The number of methoxy groups -OCH3 is 1. The second-order valence-corrected chi connectivity index (χ2v) is 6.58. The van der Waals surface area contributed by atoms with Gasteiger partial charge in [-0.1, -0.05) is 46.1 Å². The molecular formula is C17H18BrCl2NO2. The molecule has 0 saturated carbocycles. The van der Waals surface area contributed by atoms with Gasteiger partial charge in [0.05, 0.1) is 24.4 Å². The summed E-state index contributed by atoms with van der Waals surface area (Å²) in [4.78, 5) is 0. The monoisotopic (exact) mass is 417 g/mol. The third-order valence-corrected chi connectivity index (χ3v) is 4.53. The highest BCUT2D eigenvalue weighted by molar-refractivity contribution is 9.10. The maximum atomic E-state index is 6.20. The molecule has 0 aliphatic rings. The number of benzene rings is 2. The van der Waals surface area contributed by atoms with E-state index in [2.05, 4.69) is 28.2 Å². The van der Waals surface area contributed by atoms with Crippen LogP contribution >= 0.6 is 39.1 Å². The zero-order chi connectivity index (χ0) is 16.8. The zero-order valence-electron chi connectivity index (χ0n) is 13.0. The van der Waals surface area contributed by atoms with Gasteiger partial charge in [0.15, 0.2) is 11.5 Å². The largest absolute Gasteiger partial charge is 0.493 e. The summed E-state index contributed by atoms with van der Waals surface area (Å²) in [7, 11) is 1.63. The van der Waals surface area contributed by atoms with Gasteiger partial charge in [-0.25, -0.2) is 0 Å². The number of ether oxygens (including phenoxy) is 2. The van der Waals surface area contributed by atoms with Gasteiger partial charge >= 0.3 is 0 Å². The molecule has 0 bridgehead atoms. The number of nitrogens with one attached hydrogen (secondary N) is 1. The highest BCUT2D eigenvalue weighted by atomic mass is 79.9. The van der Waals surface area contributed by atoms with Crippen LogP contribution in [0.2, 0.25) is 10.0 Å². The Labute approximate surface area is 155 Å². The highest BCUT2D eigenvalue weighted by Crippen LogP contribution is 2.37. The van der Waals surface area contributed by atoms with Crippen molar-refractivity contribution in [2.24, 2.45) is 0 Å². The molecule has 0 fully saturated rings. The number of rotatable bonds is 7. The molecule has 2 aromatic carbocycles.